The number of carbonyl (C=O) groups excluding carboxylic acids is 2. The first-order valence-corrected chi connectivity index (χ1v) is 6.85. The maximum Gasteiger partial charge on any atom is 0.159 e. The van der Waals surface area contributed by atoms with Crippen LogP contribution in [0.1, 0.15) is 34.6 Å². The summed E-state index contributed by atoms with van der Waals surface area (Å²) in [5, 5.41) is 9.83. The molecule has 5 nitrogen and oxygen atoms in total. The molecule has 0 aliphatic heterocycles. The number of anilines is 1. The van der Waals surface area contributed by atoms with E-state index in [2.05, 4.69) is 10.3 Å². The zero-order valence-corrected chi connectivity index (χ0v) is 12.8. The monoisotopic (exact) mass is 295 g/mol. The van der Waals surface area contributed by atoms with Crippen LogP contribution in [0, 0.1) is 0 Å². The van der Waals surface area contributed by atoms with Crippen LogP contribution >= 0.6 is 0 Å². The summed E-state index contributed by atoms with van der Waals surface area (Å²) in [7, 11) is 1.77. The molecule has 112 valence electrons. The Bertz CT molecular complexity index is 704. The molecule has 0 atom stereocenters. The van der Waals surface area contributed by atoms with Gasteiger partial charge in [0.15, 0.2) is 11.6 Å². The number of carbonyl (C=O) groups is 2. The highest BCUT2D eigenvalue weighted by molar-refractivity contribution is 5.94. The number of hydrogen-bond donors (Lipinski definition) is 0. The van der Waals surface area contributed by atoms with Crippen LogP contribution in [0.4, 0.5) is 11.4 Å². The molecule has 2 aromatic carbocycles. The van der Waals surface area contributed by atoms with Crippen molar-refractivity contribution in [3.63, 3.8) is 0 Å². The molecule has 0 radical (unpaired) electrons. The molecule has 0 N–H and O–H groups in total. The Morgan fingerprint density at radius 2 is 1.27 bits per heavy atom. The fourth-order valence-corrected chi connectivity index (χ4v) is 1.85. The molecule has 0 amide bonds. The Morgan fingerprint density at radius 1 is 0.818 bits per heavy atom. The number of nitrogens with zero attached hydrogens (tertiary/aromatic N) is 3. The molecule has 0 bridgehead atoms. The fraction of sp³-hybridized carbons (Fsp3) is 0.176. The third kappa shape index (κ3) is 3.85. The molecule has 0 heterocycles. The van der Waals surface area contributed by atoms with E-state index < -0.39 is 0 Å². The van der Waals surface area contributed by atoms with Crippen LogP contribution in [0.3, 0.4) is 0 Å². The van der Waals surface area contributed by atoms with Crippen LogP contribution in [0.2, 0.25) is 0 Å². The van der Waals surface area contributed by atoms with Crippen molar-refractivity contribution in [3.8, 4) is 0 Å². The van der Waals surface area contributed by atoms with Gasteiger partial charge in [0.05, 0.1) is 11.4 Å². The molecule has 0 aliphatic rings. The third-order valence-corrected chi connectivity index (χ3v) is 3.22. The van der Waals surface area contributed by atoms with Gasteiger partial charge in [0, 0.05) is 18.2 Å². The van der Waals surface area contributed by atoms with Crippen LogP contribution in [0.5, 0.6) is 0 Å². The second kappa shape index (κ2) is 6.76. The average molecular weight is 295 g/mol. The summed E-state index contributed by atoms with van der Waals surface area (Å²) in [6, 6.07) is 14.1. The third-order valence-electron chi connectivity index (χ3n) is 3.22. The van der Waals surface area contributed by atoms with Gasteiger partial charge in [0.25, 0.3) is 0 Å². The van der Waals surface area contributed by atoms with Gasteiger partial charge in [-0.2, -0.15) is 0 Å². The van der Waals surface area contributed by atoms with E-state index in [-0.39, 0.29) is 11.6 Å². The Morgan fingerprint density at radius 3 is 1.73 bits per heavy atom. The molecule has 0 spiro atoms. The maximum absolute atomic E-state index is 11.2. The molecular weight excluding hydrogens is 278 g/mol. The van der Waals surface area contributed by atoms with Crippen molar-refractivity contribution in [2.45, 2.75) is 13.8 Å². The highest BCUT2D eigenvalue weighted by Crippen LogP contribution is 2.18. The van der Waals surface area contributed by atoms with E-state index in [1.165, 1.54) is 13.8 Å². The molecule has 0 saturated heterocycles. The molecule has 0 unspecified atom stereocenters. The van der Waals surface area contributed by atoms with E-state index in [1.54, 1.807) is 48.5 Å². The van der Waals surface area contributed by atoms with Gasteiger partial charge in [-0.15, -0.1) is 5.11 Å². The summed E-state index contributed by atoms with van der Waals surface area (Å²) in [6.07, 6.45) is 0. The highest BCUT2D eigenvalue weighted by Gasteiger charge is 2.02. The second-order valence-electron chi connectivity index (χ2n) is 4.92. The predicted octanol–water partition coefficient (Wildman–Crippen LogP) is 4.23. The summed E-state index contributed by atoms with van der Waals surface area (Å²) in [6.45, 7) is 3.05. The minimum atomic E-state index is 0.0196. The smallest absolute Gasteiger partial charge is 0.159 e. The van der Waals surface area contributed by atoms with Crippen LogP contribution < -0.4 is 5.01 Å². The molecule has 0 aliphatic carbocycles. The standard InChI is InChI=1S/C17H17N3O2/c1-12(21)14-4-8-16(9-5-14)18-19-20(3)17-10-6-15(7-11-17)13(2)22/h4-11H,1-3H3. The largest absolute Gasteiger partial charge is 0.295 e. The molecule has 0 saturated carbocycles. The van der Waals surface area contributed by atoms with E-state index in [1.807, 2.05) is 12.1 Å². The van der Waals surface area contributed by atoms with Gasteiger partial charge in [0.2, 0.25) is 0 Å². The average Bonchev–Trinajstić information content (AvgIpc) is 2.53. The summed E-state index contributed by atoms with van der Waals surface area (Å²) >= 11 is 0. The first-order chi connectivity index (χ1) is 10.5. The first kappa shape index (κ1) is 15.6. The van der Waals surface area contributed by atoms with E-state index in [4.69, 9.17) is 0 Å². The minimum Gasteiger partial charge on any atom is -0.295 e. The maximum atomic E-state index is 11.2. The van der Waals surface area contributed by atoms with Gasteiger partial charge in [-0.25, -0.2) is 5.01 Å². The summed E-state index contributed by atoms with van der Waals surface area (Å²) in [4.78, 5) is 22.4. The van der Waals surface area contributed by atoms with Crippen LogP contribution in [0.25, 0.3) is 0 Å². The number of rotatable bonds is 5. The van der Waals surface area contributed by atoms with Gasteiger partial charge >= 0.3 is 0 Å². The fourth-order valence-electron chi connectivity index (χ4n) is 1.85. The Balaban J connectivity index is 2.08. The first-order valence-electron chi connectivity index (χ1n) is 6.85. The SMILES string of the molecule is CC(=O)c1ccc(N=NN(C)c2ccc(C(C)=O)cc2)cc1. The summed E-state index contributed by atoms with van der Waals surface area (Å²) < 4.78 is 0. The highest BCUT2D eigenvalue weighted by atomic mass is 16.1. The van der Waals surface area contributed by atoms with Crippen molar-refractivity contribution in [3.05, 3.63) is 59.7 Å². The van der Waals surface area contributed by atoms with Gasteiger partial charge in [0.1, 0.15) is 0 Å². The number of ketones is 2. The molecule has 22 heavy (non-hydrogen) atoms. The number of hydrogen-bond acceptors (Lipinski definition) is 4. The lowest BCUT2D eigenvalue weighted by Crippen LogP contribution is -2.07. The summed E-state index contributed by atoms with van der Waals surface area (Å²) in [5.41, 5.74) is 2.80. The minimum absolute atomic E-state index is 0.0196. The second-order valence-corrected chi connectivity index (χ2v) is 4.92. The Kier molecular flexibility index (Phi) is 4.78. The van der Waals surface area contributed by atoms with Gasteiger partial charge in [-0.3, -0.25) is 9.59 Å². The van der Waals surface area contributed by atoms with Crippen LogP contribution in [-0.4, -0.2) is 18.6 Å². The molecule has 2 rings (SSSR count). The van der Waals surface area contributed by atoms with Gasteiger partial charge < -0.3 is 0 Å². The van der Waals surface area contributed by atoms with Gasteiger partial charge in [-0.05, 0) is 62.4 Å². The zero-order valence-electron chi connectivity index (χ0n) is 12.8. The molecule has 0 aromatic heterocycles. The van der Waals surface area contributed by atoms with E-state index in [0.29, 0.717) is 16.8 Å². The van der Waals surface area contributed by atoms with E-state index in [0.717, 1.165) is 5.69 Å². The van der Waals surface area contributed by atoms with Crippen molar-refractivity contribution < 1.29 is 9.59 Å². The van der Waals surface area contributed by atoms with E-state index >= 15 is 0 Å². The molecular formula is C17H17N3O2. The number of Topliss-reactive ketones (excluding diaryl/α,β-unsaturated/α-hetero) is 2. The number of benzene rings is 2. The molecule has 2 aromatic rings. The van der Waals surface area contributed by atoms with Crippen molar-refractivity contribution in [2.75, 3.05) is 12.1 Å². The van der Waals surface area contributed by atoms with Crippen molar-refractivity contribution in [2.24, 2.45) is 10.3 Å². The lowest BCUT2D eigenvalue weighted by atomic mass is 10.1. The van der Waals surface area contributed by atoms with Crippen LogP contribution in [0.15, 0.2) is 58.9 Å². The van der Waals surface area contributed by atoms with Gasteiger partial charge in [-0.1, -0.05) is 5.22 Å². The lowest BCUT2D eigenvalue weighted by molar-refractivity contribution is 0.100. The summed E-state index contributed by atoms with van der Waals surface area (Å²) in [5.74, 6) is 0.0487. The van der Waals surface area contributed by atoms with Crippen molar-refractivity contribution in [1.82, 2.24) is 0 Å². The topological polar surface area (TPSA) is 62.1 Å². The zero-order chi connectivity index (χ0) is 16.1. The predicted molar refractivity (Wildman–Crippen MR) is 85.8 cm³/mol. The quantitative estimate of drug-likeness (QED) is 0.471. The molecule has 0 fully saturated rings. The van der Waals surface area contributed by atoms with Crippen LogP contribution in [-0.2, 0) is 0 Å². The van der Waals surface area contributed by atoms with Crippen molar-refractivity contribution >= 4 is 22.9 Å². The van der Waals surface area contributed by atoms with E-state index in [9.17, 15) is 9.59 Å². The molecule has 5 heteroatoms. The lowest BCUT2D eigenvalue weighted by Gasteiger charge is -2.11. The normalized spacial score (nSPS) is 10.7. The Labute approximate surface area is 129 Å². The van der Waals surface area contributed by atoms with Crippen molar-refractivity contribution in [1.29, 1.82) is 0 Å². The Hall–Kier alpha value is -2.82.